The monoisotopic (exact) mass is 177 g/mol. The van der Waals surface area contributed by atoms with Gasteiger partial charge in [-0.3, -0.25) is 0 Å². The summed E-state index contributed by atoms with van der Waals surface area (Å²) in [6.45, 7) is 0. The molecule has 0 saturated heterocycles. The third-order valence-corrected chi connectivity index (χ3v) is 1.75. The van der Waals surface area contributed by atoms with E-state index in [1.54, 1.807) is 6.07 Å². The summed E-state index contributed by atoms with van der Waals surface area (Å²) in [7, 11) is 0. The first kappa shape index (κ1) is 7.67. The average Bonchev–Trinajstić information content (AvgIpc) is 2.08. The molecular formula is C9H7NO3. The molecule has 66 valence electrons. The standard InChI is InChI=1S/C9H7NO3/c10-7-3-5-1-2-6(11)4-8(5)13-9(7)12/h1-4,11H,10H2. The first-order chi connectivity index (χ1) is 6.16. The molecule has 2 aromatic rings. The van der Waals surface area contributed by atoms with Gasteiger partial charge in [-0.05, 0) is 18.2 Å². The van der Waals surface area contributed by atoms with Gasteiger partial charge in [0.2, 0.25) is 0 Å². The Morgan fingerprint density at radius 3 is 2.85 bits per heavy atom. The summed E-state index contributed by atoms with van der Waals surface area (Å²) in [6.07, 6.45) is 0. The van der Waals surface area contributed by atoms with Crippen LogP contribution in [0.3, 0.4) is 0 Å². The van der Waals surface area contributed by atoms with E-state index >= 15 is 0 Å². The maximum Gasteiger partial charge on any atom is 0.359 e. The number of fused-ring (bicyclic) bond motifs is 1. The van der Waals surface area contributed by atoms with Crippen LogP contribution < -0.4 is 11.4 Å². The number of nitrogens with two attached hydrogens (primary N) is 1. The number of anilines is 1. The van der Waals surface area contributed by atoms with Gasteiger partial charge >= 0.3 is 5.63 Å². The van der Waals surface area contributed by atoms with Crippen LogP contribution in [0.1, 0.15) is 0 Å². The number of aromatic hydroxyl groups is 1. The number of hydrogen-bond acceptors (Lipinski definition) is 4. The van der Waals surface area contributed by atoms with Crippen molar-refractivity contribution in [3.63, 3.8) is 0 Å². The van der Waals surface area contributed by atoms with Gasteiger partial charge in [-0.1, -0.05) is 0 Å². The molecule has 4 nitrogen and oxygen atoms in total. The Kier molecular flexibility index (Phi) is 1.48. The van der Waals surface area contributed by atoms with Gasteiger partial charge in [0.15, 0.2) is 0 Å². The molecule has 0 radical (unpaired) electrons. The summed E-state index contributed by atoms with van der Waals surface area (Å²) in [5.41, 5.74) is 5.17. The normalized spacial score (nSPS) is 10.5. The Balaban J connectivity index is 2.89. The quantitative estimate of drug-likeness (QED) is 0.590. The molecular weight excluding hydrogens is 170 g/mol. The molecule has 1 heterocycles. The van der Waals surface area contributed by atoms with E-state index in [0.29, 0.717) is 11.0 Å². The van der Waals surface area contributed by atoms with Crippen LogP contribution in [0.4, 0.5) is 5.69 Å². The number of phenols is 1. The van der Waals surface area contributed by atoms with Crippen LogP contribution >= 0.6 is 0 Å². The number of hydrogen-bond donors (Lipinski definition) is 2. The summed E-state index contributed by atoms with van der Waals surface area (Å²) in [5.74, 6) is 0.0559. The molecule has 0 atom stereocenters. The van der Waals surface area contributed by atoms with Gasteiger partial charge < -0.3 is 15.3 Å². The fourth-order valence-electron chi connectivity index (χ4n) is 1.12. The van der Waals surface area contributed by atoms with Crippen molar-refractivity contribution in [2.75, 3.05) is 5.73 Å². The minimum absolute atomic E-state index is 0.0559. The smallest absolute Gasteiger partial charge is 0.359 e. The highest BCUT2D eigenvalue weighted by atomic mass is 16.4. The van der Waals surface area contributed by atoms with Crippen molar-refractivity contribution in [2.24, 2.45) is 0 Å². The summed E-state index contributed by atoms with van der Waals surface area (Å²) in [6, 6.07) is 6.02. The van der Waals surface area contributed by atoms with Gasteiger partial charge in [0, 0.05) is 11.5 Å². The van der Waals surface area contributed by atoms with Crippen molar-refractivity contribution in [1.29, 1.82) is 0 Å². The number of phenolic OH excluding ortho intramolecular Hbond substituents is 1. The third-order valence-electron chi connectivity index (χ3n) is 1.75. The number of benzene rings is 1. The van der Waals surface area contributed by atoms with Gasteiger partial charge in [-0.15, -0.1) is 0 Å². The summed E-state index contributed by atoms with van der Waals surface area (Å²) < 4.78 is 4.83. The van der Waals surface area contributed by atoms with Crippen molar-refractivity contribution in [3.8, 4) is 5.75 Å². The molecule has 2 rings (SSSR count). The fourth-order valence-corrected chi connectivity index (χ4v) is 1.12. The molecule has 0 fully saturated rings. The van der Waals surface area contributed by atoms with Crippen LogP contribution in [0.2, 0.25) is 0 Å². The largest absolute Gasteiger partial charge is 0.508 e. The second kappa shape index (κ2) is 2.52. The average molecular weight is 177 g/mol. The molecule has 0 spiro atoms. The van der Waals surface area contributed by atoms with Crippen LogP contribution in [0.5, 0.6) is 5.75 Å². The molecule has 0 bridgehead atoms. The van der Waals surface area contributed by atoms with E-state index < -0.39 is 5.63 Å². The van der Waals surface area contributed by atoms with Crippen molar-refractivity contribution in [1.82, 2.24) is 0 Å². The molecule has 3 N–H and O–H groups in total. The van der Waals surface area contributed by atoms with E-state index in [0.717, 1.165) is 0 Å². The Hall–Kier alpha value is -1.97. The lowest BCUT2D eigenvalue weighted by atomic mass is 10.2. The van der Waals surface area contributed by atoms with E-state index in [1.807, 2.05) is 0 Å². The highest BCUT2D eigenvalue weighted by molar-refractivity contribution is 5.80. The van der Waals surface area contributed by atoms with Crippen LogP contribution in [0.15, 0.2) is 33.5 Å². The summed E-state index contributed by atoms with van der Waals surface area (Å²) in [4.78, 5) is 11.0. The van der Waals surface area contributed by atoms with Crippen molar-refractivity contribution < 1.29 is 9.52 Å². The van der Waals surface area contributed by atoms with Crippen LogP contribution in [0, 0.1) is 0 Å². The third kappa shape index (κ3) is 1.22. The van der Waals surface area contributed by atoms with E-state index in [4.69, 9.17) is 15.3 Å². The summed E-state index contributed by atoms with van der Waals surface area (Å²) >= 11 is 0. The second-order valence-corrected chi connectivity index (χ2v) is 2.71. The molecule has 0 aliphatic heterocycles. The Morgan fingerprint density at radius 2 is 2.08 bits per heavy atom. The van der Waals surface area contributed by atoms with Crippen molar-refractivity contribution in [2.45, 2.75) is 0 Å². The lowest BCUT2D eigenvalue weighted by Crippen LogP contribution is -2.05. The van der Waals surface area contributed by atoms with Crippen molar-refractivity contribution >= 4 is 16.7 Å². The van der Waals surface area contributed by atoms with E-state index in [-0.39, 0.29) is 11.4 Å². The Labute approximate surface area is 73.2 Å². The zero-order valence-corrected chi connectivity index (χ0v) is 6.65. The minimum Gasteiger partial charge on any atom is -0.508 e. The van der Waals surface area contributed by atoms with Gasteiger partial charge in [-0.2, -0.15) is 0 Å². The first-order valence-electron chi connectivity index (χ1n) is 3.69. The van der Waals surface area contributed by atoms with E-state index in [2.05, 4.69) is 0 Å². The lowest BCUT2D eigenvalue weighted by molar-refractivity contribution is 0.473. The first-order valence-corrected chi connectivity index (χ1v) is 3.69. The van der Waals surface area contributed by atoms with E-state index in [9.17, 15) is 4.79 Å². The van der Waals surface area contributed by atoms with Gasteiger partial charge in [0.1, 0.15) is 17.0 Å². The van der Waals surface area contributed by atoms with Gasteiger partial charge in [0.25, 0.3) is 0 Å². The highest BCUT2D eigenvalue weighted by Gasteiger charge is 2.01. The van der Waals surface area contributed by atoms with Crippen molar-refractivity contribution in [3.05, 3.63) is 34.7 Å². The molecule has 0 amide bonds. The molecule has 1 aromatic carbocycles. The van der Waals surface area contributed by atoms with Crippen LogP contribution in [-0.2, 0) is 0 Å². The zero-order valence-electron chi connectivity index (χ0n) is 6.65. The lowest BCUT2D eigenvalue weighted by Gasteiger charge is -1.97. The molecule has 0 unspecified atom stereocenters. The fraction of sp³-hybridized carbons (Fsp3) is 0. The number of nitrogen functional groups attached to an aromatic ring is 1. The summed E-state index contributed by atoms with van der Waals surface area (Å²) in [5, 5.41) is 9.79. The van der Waals surface area contributed by atoms with Crippen LogP contribution in [0.25, 0.3) is 11.0 Å². The SMILES string of the molecule is Nc1cc2ccc(O)cc2oc1=O. The van der Waals surface area contributed by atoms with E-state index in [1.165, 1.54) is 18.2 Å². The Morgan fingerprint density at radius 1 is 1.31 bits per heavy atom. The second-order valence-electron chi connectivity index (χ2n) is 2.71. The van der Waals surface area contributed by atoms with Crippen LogP contribution in [-0.4, -0.2) is 5.11 Å². The predicted molar refractivity (Wildman–Crippen MR) is 48.6 cm³/mol. The predicted octanol–water partition coefficient (Wildman–Crippen LogP) is 1.08. The number of rotatable bonds is 0. The molecule has 4 heteroatoms. The van der Waals surface area contributed by atoms with Gasteiger partial charge in [-0.25, -0.2) is 4.79 Å². The molecule has 0 aliphatic carbocycles. The van der Waals surface area contributed by atoms with Gasteiger partial charge in [0.05, 0.1) is 0 Å². The topological polar surface area (TPSA) is 76.5 Å². The molecule has 1 aromatic heterocycles. The molecule has 13 heavy (non-hydrogen) atoms. The maximum atomic E-state index is 11.0. The Bertz CT molecular complexity index is 516. The highest BCUT2D eigenvalue weighted by Crippen LogP contribution is 2.19. The molecule has 0 saturated carbocycles. The zero-order chi connectivity index (χ0) is 9.42. The minimum atomic E-state index is -0.585. The molecule has 0 aliphatic rings. The maximum absolute atomic E-state index is 11.0.